The molecule has 0 spiro atoms. The Hall–Kier alpha value is -0.530. The SMILES string of the molecule is CCCCCCCCCCC(CCCCCCC)OC(=O)CC. The Bertz CT molecular complexity index is 250. The van der Waals surface area contributed by atoms with Crippen LogP contribution in [0.25, 0.3) is 0 Å². The van der Waals surface area contributed by atoms with Crippen LogP contribution in [0.2, 0.25) is 0 Å². The zero-order valence-corrected chi connectivity index (χ0v) is 16.2. The van der Waals surface area contributed by atoms with Gasteiger partial charge in [-0.3, -0.25) is 4.79 Å². The molecule has 0 aromatic rings. The molecule has 0 fully saturated rings. The molecule has 0 aliphatic carbocycles. The highest BCUT2D eigenvalue weighted by atomic mass is 16.5. The van der Waals surface area contributed by atoms with Crippen molar-refractivity contribution in [1.82, 2.24) is 0 Å². The lowest BCUT2D eigenvalue weighted by atomic mass is 10.0. The maximum Gasteiger partial charge on any atom is 0.305 e. The summed E-state index contributed by atoms with van der Waals surface area (Å²) in [7, 11) is 0. The number of rotatable bonds is 17. The van der Waals surface area contributed by atoms with Gasteiger partial charge >= 0.3 is 5.97 Å². The molecule has 0 saturated heterocycles. The second-order valence-electron chi connectivity index (χ2n) is 6.93. The highest BCUT2D eigenvalue weighted by Gasteiger charge is 2.12. The zero-order chi connectivity index (χ0) is 17.2. The van der Waals surface area contributed by atoms with E-state index in [4.69, 9.17) is 4.74 Å². The molecule has 0 radical (unpaired) electrons. The van der Waals surface area contributed by atoms with Crippen LogP contribution < -0.4 is 0 Å². The van der Waals surface area contributed by atoms with Crippen LogP contribution in [0.4, 0.5) is 0 Å². The quantitative estimate of drug-likeness (QED) is 0.209. The van der Waals surface area contributed by atoms with Gasteiger partial charge in [-0.1, -0.05) is 91.4 Å². The van der Waals surface area contributed by atoms with Crippen molar-refractivity contribution in [1.29, 1.82) is 0 Å². The van der Waals surface area contributed by atoms with Crippen molar-refractivity contribution in [2.24, 2.45) is 0 Å². The van der Waals surface area contributed by atoms with Crippen molar-refractivity contribution < 1.29 is 9.53 Å². The molecule has 0 bridgehead atoms. The minimum atomic E-state index is -0.0249. The normalized spacial score (nSPS) is 12.3. The third kappa shape index (κ3) is 16.1. The second kappa shape index (κ2) is 17.8. The van der Waals surface area contributed by atoms with Gasteiger partial charge in [-0.05, 0) is 25.7 Å². The Balaban J connectivity index is 3.72. The second-order valence-corrected chi connectivity index (χ2v) is 6.93. The van der Waals surface area contributed by atoms with Gasteiger partial charge in [0.05, 0.1) is 0 Å². The lowest BCUT2D eigenvalue weighted by Gasteiger charge is -2.17. The van der Waals surface area contributed by atoms with Crippen molar-refractivity contribution in [2.75, 3.05) is 0 Å². The van der Waals surface area contributed by atoms with Crippen molar-refractivity contribution in [3.8, 4) is 0 Å². The third-order valence-corrected chi connectivity index (χ3v) is 4.60. The van der Waals surface area contributed by atoms with Crippen molar-refractivity contribution in [3.63, 3.8) is 0 Å². The molecule has 23 heavy (non-hydrogen) atoms. The van der Waals surface area contributed by atoms with E-state index in [1.165, 1.54) is 83.5 Å². The fourth-order valence-corrected chi connectivity index (χ4v) is 3.01. The van der Waals surface area contributed by atoms with Crippen LogP contribution in [-0.4, -0.2) is 12.1 Å². The Kier molecular flexibility index (Phi) is 17.4. The summed E-state index contributed by atoms with van der Waals surface area (Å²) in [6.45, 7) is 6.39. The number of ether oxygens (including phenoxy) is 1. The first-order valence-electron chi connectivity index (χ1n) is 10.4. The molecule has 0 N–H and O–H groups in total. The van der Waals surface area contributed by atoms with Crippen LogP contribution in [0.5, 0.6) is 0 Å². The number of hydrogen-bond donors (Lipinski definition) is 0. The smallest absolute Gasteiger partial charge is 0.305 e. The standard InChI is InChI=1S/C21H42O2/c1-4-7-9-11-12-13-15-17-19-20(23-21(22)6-3)18-16-14-10-8-5-2/h20H,4-19H2,1-3H3. The van der Waals surface area contributed by atoms with E-state index in [0.29, 0.717) is 6.42 Å². The molecule has 0 aromatic carbocycles. The number of carbonyl (C=O) groups is 1. The van der Waals surface area contributed by atoms with Gasteiger partial charge in [0, 0.05) is 6.42 Å². The monoisotopic (exact) mass is 326 g/mol. The fraction of sp³-hybridized carbons (Fsp3) is 0.952. The van der Waals surface area contributed by atoms with Crippen molar-refractivity contribution in [3.05, 3.63) is 0 Å². The van der Waals surface area contributed by atoms with E-state index >= 15 is 0 Å². The Labute approximate surface area is 145 Å². The minimum Gasteiger partial charge on any atom is -0.462 e. The lowest BCUT2D eigenvalue weighted by molar-refractivity contribution is -0.149. The van der Waals surface area contributed by atoms with Gasteiger partial charge in [0.15, 0.2) is 0 Å². The summed E-state index contributed by atoms with van der Waals surface area (Å²) >= 11 is 0. The summed E-state index contributed by atoms with van der Waals surface area (Å²) in [6.07, 6.45) is 19.9. The van der Waals surface area contributed by atoms with E-state index < -0.39 is 0 Å². The van der Waals surface area contributed by atoms with E-state index in [-0.39, 0.29) is 12.1 Å². The molecular formula is C21H42O2. The highest BCUT2D eigenvalue weighted by molar-refractivity contribution is 5.69. The molecule has 1 unspecified atom stereocenters. The zero-order valence-electron chi connectivity index (χ0n) is 16.2. The van der Waals surface area contributed by atoms with Crippen LogP contribution in [0.1, 0.15) is 124 Å². The van der Waals surface area contributed by atoms with Crippen LogP contribution in [0.3, 0.4) is 0 Å². The molecule has 2 nitrogen and oxygen atoms in total. The molecular weight excluding hydrogens is 284 g/mol. The molecule has 2 heteroatoms. The Morgan fingerprint density at radius 1 is 0.652 bits per heavy atom. The molecule has 138 valence electrons. The van der Waals surface area contributed by atoms with Crippen LogP contribution >= 0.6 is 0 Å². The van der Waals surface area contributed by atoms with Gasteiger partial charge in [-0.15, -0.1) is 0 Å². The van der Waals surface area contributed by atoms with Gasteiger partial charge in [-0.25, -0.2) is 0 Å². The molecule has 0 aliphatic rings. The summed E-state index contributed by atoms with van der Waals surface area (Å²) in [5.74, 6) is -0.0249. The average Bonchev–Trinajstić information content (AvgIpc) is 2.56. The van der Waals surface area contributed by atoms with Crippen molar-refractivity contribution >= 4 is 5.97 Å². The van der Waals surface area contributed by atoms with E-state index in [1.807, 2.05) is 6.92 Å². The van der Waals surface area contributed by atoms with E-state index in [1.54, 1.807) is 0 Å². The Morgan fingerprint density at radius 2 is 1.04 bits per heavy atom. The average molecular weight is 327 g/mol. The summed E-state index contributed by atoms with van der Waals surface area (Å²) < 4.78 is 5.63. The minimum absolute atomic E-state index is 0.0249. The first-order valence-corrected chi connectivity index (χ1v) is 10.4. The van der Waals surface area contributed by atoms with Gasteiger partial charge < -0.3 is 4.74 Å². The number of esters is 1. The van der Waals surface area contributed by atoms with Crippen LogP contribution in [0, 0.1) is 0 Å². The van der Waals surface area contributed by atoms with Crippen LogP contribution in [0.15, 0.2) is 0 Å². The lowest BCUT2D eigenvalue weighted by Crippen LogP contribution is -2.17. The van der Waals surface area contributed by atoms with E-state index in [0.717, 1.165) is 12.8 Å². The molecule has 0 aromatic heterocycles. The largest absolute Gasteiger partial charge is 0.462 e. The van der Waals surface area contributed by atoms with Crippen LogP contribution in [-0.2, 0) is 9.53 Å². The van der Waals surface area contributed by atoms with Gasteiger partial charge in [0.25, 0.3) is 0 Å². The van der Waals surface area contributed by atoms with Gasteiger partial charge in [0.1, 0.15) is 6.10 Å². The number of hydrogen-bond acceptors (Lipinski definition) is 2. The highest BCUT2D eigenvalue weighted by Crippen LogP contribution is 2.17. The predicted molar refractivity (Wildman–Crippen MR) is 101 cm³/mol. The summed E-state index contributed by atoms with van der Waals surface area (Å²) in [4.78, 5) is 11.6. The van der Waals surface area contributed by atoms with E-state index in [2.05, 4.69) is 13.8 Å². The number of carbonyl (C=O) groups excluding carboxylic acids is 1. The topological polar surface area (TPSA) is 26.3 Å². The molecule has 0 amide bonds. The third-order valence-electron chi connectivity index (χ3n) is 4.60. The van der Waals surface area contributed by atoms with E-state index in [9.17, 15) is 4.79 Å². The van der Waals surface area contributed by atoms with Gasteiger partial charge in [-0.2, -0.15) is 0 Å². The molecule has 0 aliphatic heterocycles. The summed E-state index contributed by atoms with van der Waals surface area (Å²) in [5, 5.41) is 0. The maximum atomic E-state index is 11.6. The summed E-state index contributed by atoms with van der Waals surface area (Å²) in [6, 6.07) is 0. The molecule has 1 atom stereocenters. The number of unbranched alkanes of at least 4 members (excludes halogenated alkanes) is 11. The Morgan fingerprint density at radius 3 is 1.43 bits per heavy atom. The predicted octanol–water partition coefficient (Wildman–Crippen LogP) is 7.20. The fourth-order valence-electron chi connectivity index (χ4n) is 3.01. The maximum absolute atomic E-state index is 11.6. The molecule has 0 heterocycles. The molecule has 0 saturated carbocycles. The first kappa shape index (κ1) is 22.5. The van der Waals surface area contributed by atoms with Gasteiger partial charge in [0.2, 0.25) is 0 Å². The molecule has 0 rings (SSSR count). The first-order chi connectivity index (χ1) is 11.2. The van der Waals surface area contributed by atoms with Crippen molar-refractivity contribution in [2.45, 2.75) is 130 Å². The summed E-state index contributed by atoms with van der Waals surface area (Å²) in [5.41, 5.74) is 0.